The number of amides is 2. The first kappa shape index (κ1) is 14.4. The largest absolute Gasteiger partial charge is 0.378 e. The monoisotopic (exact) mass is 292 g/mol. The van der Waals surface area contributed by atoms with Crippen molar-refractivity contribution < 1.29 is 9.53 Å². The number of likely N-dealkylation sites (tertiary alicyclic amines) is 1. The summed E-state index contributed by atoms with van der Waals surface area (Å²) in [7, 11) is 0. The lowest BCUT2D eigenvalue weighted by molar-refractivity contribution is -0.0703. The molecular weight excluding hydrogens is 268 g/mol. The van der Waals surface area contributed by atoms with Crippen LogP contribution in [0.1, 0.15) is 37.6 Å². The van der Waals surface area contributed by atoms with Crippen molar-refractivity contribution in [2.75, 3.05) is 25.0 Å². The lowest BCUT2D eigenvalue weighted by Gasteiger charge is -2.44. The summed E-state index contributed by atoms with van der Waals surface area (Å²) in [6, 6.07) is -0.0145. The number of aryl methyl sites for hydroxylation is 2. The highest BCUT2D eigenvalue weighted by Crippen LogP contribution is 2.49. The molecule has 0 atom stereocenters. The molecule has 21 heavy (non-hydrogen) atoms. The predicted octanol–water partition coefficient (Wildman–Crippen LogP) is 2.45. The number of rotatable bonds is 3. The summed E-state index contributed by atoms with van der Waals surface area (Å²) < 4.78 is 5.65. The number of nitrogens with zero attached hydrogens (tertiary/aromatic N) is 2. The Morgan fingerprint density at radius 3 is 2.90 bits per heavy atom. The summed E-state index contributed by atoms with van der Waals surface area (Å²) in [6.45, 7) is 8.31. The third-order valence-electron chi connectivity index (χ3n) is 4.81. The first-order chi connectivity index (χ1) is 10.0. The minimum atomic E-state index is -0.0145. The Labute approximate surface area is 125 Å². The third kappa shape index (κ3) is 2.64. The van der Waals surface area contributed by atoms with E-state index in [1.54, 1.807) is 0 Å². The van der Waals surface area contributed by atoms with Gasteiger partial charge in [0, 0.05) is 19.7 Å². The van der Waals surface area contributed by atoms with Gasteiger partial charge < -0.3 is 15.0 Å². The molecule has 1 aliphatic heterocycles. The number of anilines is 1. The summed E-state index contributed by atoms with van der Waals surface area (Å²) in [5.41, 5.74) is 2.84. The zero-order valence-electron chi connectivity index (χ0n) is 13.0. The molecule has 2 aliphatic rings. The van der Waals surface area contributed by atoms with Crippen molar-refractivity contribution in [3.8, 4) is 0 Å². The second-order valence-electron chi connectivity index (χ2n) is 6.40. The van der Waals surface area contributed by atoms with E-state index in [0.717, 1.165) is 56.0 Å². The van der Waals surface area contributed by atoms with Crippen LogP contribution in [0.25, 0.3) is 0 Å². The van der Waals surface area contributed by atoms with E-state index in [1.165, 1.54) is 0 Å². The first-order valence-corrected chi connectivity index (χ1v) is 7.72. The fourth-order valence-corrected chi connectivity index (χ4v) is 3.62. The molecule has 0 radical (unpaired) electrons. The number of aromatic amines is 1. The fraction of sp³-hybridized carbons (Fsp3) is 0.733. The molecule has 2 amide bonds. The van der Waals surface area contributed by atoms with Crippen LogP contribution < -0.4 is 5.32 Å². The number of hydrogen-bond donors (Lipinski definition) is 2. The van der Waals surface area contributed by atoms with Crippen LogP contribution in [0.15, 0.2) is 0 Å². The van der Waals surface area contributed by atoms with Gasteiger partial charge in [-0.05, 0) is 45.4 Å². The molecule has 1 saturated heterocycles. The van der Waals surface area contributed by atoms with Crippen LogP contribution in [0.4, 0.5) is 10.5 Å². The third-order valence-corrected chi connectivity index (χ3v) is 4.81. The normalized spacial score (nSPS) is 28.0. The molecule has 1 aromatic rings. The van der Waals surface area contributed by atoms with E-state index in [0.29, 0.717) is 11.5 Å². The Morgan fingerprint density at radius 2 is 2.29 bits per heavy atom. The Hall–Kier alpha value is -1.56. The van der Waals surface area contributed by atoms with Gasteiger partial charge in [0.05, 0.1) is 23.2 Å². The van der Waals surface area contributed by atoms with Crippen molar-refractivity contribution in [2.24, 2.45) is 5.41 Å². The highest BCUT2D eigenvalue weighted by molar-refractivity contribution is 5.90. The smallest absolute Gasteiger partial charge is 0.321 e. The lowest BCUT2D eigenvalue weighted by atomic mass is 9.66. The van der Waals surface area contributed by atoms with Crippen LogP contribution in [-0.2, 0) is 4.74 Å². The molecule has 0 unspecified atom stereocenters. The first-order valence-electron chi connectivity index (χ1n) is 7.72. The SMILES string of the molecule is CCOC1CC2(CCN(C(=O)Nc3c(C)n[nH]c3C)C2)C1. The molecule has 3 rings (SSSR count). The minimum Gasteiger partial charge on any atom is -0.378 e. The summed E-state index contributed by atoms with van der Waals surface area (Å²) in [5, 5.41) is 9.98. The lowest BCUT2D eigenvalue weighted by Crippen LogP contribution is -2.45. The standard InChI is InChI=1S/C15H24N4O2/c1-4-21-12-7-15(8-12)5-6-19(9-15)14(20)16-13-10(2)17-18-11(13)3/h12H,4-9H2,1-3H3,(H,16,20)(H,17,18). The summed E-state index contributed by atoms with van der Waals surface area (Å²) in [5.74, 6) is 0. The predicted molar refractivity (Wildman–Crippen MR) is 80.4 cm³/mol. The fourth-order valence-electron chi connectivity index (χ4n) is 3.62. The molecular formula is C15H24N4O2. The zero-order valence-corrected chi connectivity index (χ0v) is 13.0. The van der Waals surface area contributed by atoms with Crippen LogP contribution in [0.3, 0.4) is 0 Å². The highest BCUT2D eigenvalue weighted by atomic mass is 16.5. The van der Waals surface area contributed by atoms with Gasteiger partial charge in [-0.15, -0.1) is 0 Å². The topological polar surface area (TPSA) is 70.2 Å². The number of hydrogen-bond acceptors (Lipinski definition) is 3. The van der Waals surface area contributed by atoms with Gasteiger partial charge in [0.2, 0.25) is 0 Å². The average Bonchev–Trinajstić information content (AvgIpc) is 2.98. The molecule has 1 aliphatic carbocycles. The van der Waals surface area contributed by atoms with E-state index in [1.807, 2.05) is 25.7 Å². The number of ether oxygens (including phenoxy) is 1. The average molecular weight is 292 g/mol. The summed E-state index contributed by atoms with van der Waals surface area (Å²) in [4.78, 5) is 14.3. The molecule has 2 fully saturated rings. The van der Waals surface area contributed by atoms with Crippen LogP contribution in [-0.4, -0.2) is 46.9 Å². The molecule has 2 heterocycles. The zero-order chi connectivity index (χ0) is 15.0. The Morgan fingerprint density at radius 1 is 1.52 bits per heavy atom. The Bertz CT molecular complexity index is 514. The van der Waals surface area contributed by atoms with Crippen molar-refractivity contribution in [3.63, 3.8) is 0 Å². The summed E-state index contributed by atoms with van der Waals surface area (Å²) >= 11 is 0. The molecule has 116 valence electrons. The summed E-state index contributed by atoms with van der Waals surface area (Å²) in [6.07, 6.45) is 3.67. The number of carbonyl (C=O) groups excluding carboxylic acids is 1. The molecule has 0 aromatic carbocycles. The van der Waals surface area contributed by atoms with E-state index in [2.05, 4.69) is 15.5 Å². The van der Waals surface area contributed by atoms with E-state index in [-0.39, 0.29) is 6.03 Å². The molecule has 1 spiro atoms. The van der Waals surface area contributed by atoms with E-state index in [9.17, 15) is 4.79 Å². The van der Waals surface area contributed by atoms with Crippen molar-refractivity contribution in [2.45, 2.75) is 46.1 Å². The van der Waals surface area contributed by atoms with Gasteiger partial charge in [-0.25, -0.2) is 4.79 Å². The quantitative estimate of drug-likeness (QED) is 0.899. The highest BCUT2D eigenvalue weighted by Gasteiger charge is 2.49. The Kier molecular flexibility index (Phi) is 3.65. The molecule has 6 nitrogen and oxygen atoms in total. The van der Waals surface area contributed by atoms with Gasteiger partial charge in [-0.3, -0.25) is 5.10 Å². The van der Waals surface area contributed by atoms with Crippen molar-refractivity contribution >= 4 is 11.7 Å². The van der Waals surface area contributed by atoms with Crippen LogP contribution in [0.5, 0.6) is 0 Å². The molecule has 0 bridgehead atoms. The minimum absolute atomic E-state index is 0.0145. The van der Waals surface area contributed by atoms with E-state index in [4.69, 9.17) is 4.74 Å². The maximum atomic E-state index is 12.4. The molecule has 1 saturated carbocycles. The number of aromatic nitrogens is 2. The van der Waals surface area contributed by atoms with Gasteiger partial charge in [-0.2, -0.15) is 5.10 Å². The van der Waals surface area contributed by atoms with Gasteiger partial charge >= 0.3 is 6.03 Å². The van der Waals surface area contributed by atoms with Crippen molar-refractivity contribution in [1.82, 2.24) is 15.1 Å². The number of carbonyl (C=O) groups is 1. The van der Waals surface area contributed by atoms with Crippen molar-refractivity contribution in [3.05, 3.63) is 11.4 Å². The van der Waals surface area contributed by atoms with Gasteiger partial charge in [0.15, 0.2) is 0 Å². The second kappa shape index (κ2) is 5.33. The number of nitrogens with one attached hydrogen (secondary N) is 2. The van der Waals surface area contributed by atoms with E-state index >= 15 is 0 Å². The van der Waals surface area contributed by atoms with Crippen LogP contribution in [0.2, 0.25) is 0 Å². The molecule has 2 N–H and O–H groups in total. The number of H-pyrrole nitrogens is 1. The second-order valence-corrected chi connectivity index (χ2v) is 6.40. The van der Waals surface area contributed by atoms with Crippen molar-refractivity contribution in [1.29, 1.82) is 0 Å². The maximum absolute atomic E-state index is 12.4. The van der Waals surface area contributed by atoms with E-state index < -0.39 is 0 Å². The van der Waals surface area contributed by atoms with Gasteiger partial charge in [-0.1, -0.05) is 0 Å². The Balaban J connectivity index is 1.56. The molecule has 1 aromatic heterocycles. The number of urea groups is 1. The van der Waals surface area contributed by atoms with Gasteiger partial charge in [0.1, 0.15) is 0 Å². The maximum Gasteiger partial charge on any atom is 0.321 e. The van der Waals surface area contributed by atoms with Crippen LogP contribution >= 0.6 is 0 Å². The molecule has 6 heteroatoms. The van der Waals surface area contributed by atoms with Crippen LogP contribution in [0, 0.1) is 19.3 Å². The van der Waals surface area contributed by atoms with Gasteiger partial charge in [0.25, 0.3) is 0 Å².